The summed E-state index contributed by atoms with van der Waals surface area (Å²) in [7, 11) is 0. The lowest BCUT2D eigenvalue weighted by molar-refractivity contribution is -0.142. The molecule has 0 aromatic rings. The van der Waals surface area contributed by atoms with E-state index in [1.165, 1.54) is 0 Å². The van der Waals surface area contributed by atoms with Gasteiger partial charge in [-0.2, -0.15) is 0 Å². The lowest BCUT2D eigenvalue weighted by Gasteiger charge is -2.41. The van der Waals surface area contributed by atoms with Gasteiger partial charge in [-0.05, 0) is 42.9 Å². The van der Waals surface area contributed by atoms with E-state index in [4.69, 9.17) is 10.2 Å². The molecule has 3 atom stereocenters. The standard InChI is InChI=1S/C15H24O4/c1-11(6-7-13(16)17)9-15(10-14(18)19)8-4-3-5-12(15)2/h3-4,11-12H,5-10H2,1-2H3,(H,16,17)(H,18,19). The molecule has 0 heterocycles. The summed E-state index contributed by atoms with van der Waals surface area (Å²) in [6.45, 7) is 4.13. The molecule has 0 bridgehead atoms. The van der Waals surface area contributed by atoms with Crippen molar-refractivity contribution >= 4 is 11.9 Å². The summed E-state index contributed by atoms with van der Waals surface area (Å²) in [4.78, 5) is 21.8. The molecule has 1 aliphatic rings. The molecule has 1 rings (SSSR count). The van der Waals surface area contributed by atoms with Crippen LogP contribution in [-0.4, -0.2) is 22.2 Å². The average molecular weight is 268 g/mol. The Kier molecular flexibility index (Phi) is 5.58. The molecular formula is C15H24O4. The number of hydrogen-bond acceptors (Lipinski definition) is 2. The highest BCUT2D eigenvalue weighted by molar-refractivity contribution is 5.68. The zero-order chi connectivity index (χ0) is 14.5. The van der Waals surface area contributed by atoms with Crippen molar-refractivity contribution in [1.29, 1.82) is 0 Å². The maximum absolute atomic E-state index is 11.1. The summed E-state index contributed by atoms with van der Waals surface area (Å²) in [6, 6.07) is 0. The average Bonchev–Trinajstić information content (AvgIpc) is 2.29. The normalized spacial score (nSPS) is 28.0. The predicted molar refractivity (Wildman–Crippen MR) is 72.9 cm³/mol. The minimum absolute atomic E-state index is 0.161. The SMILES string of the molecule is CC(CCC(=O)O)CC1(CC(=O)O)CC=CCC1C. The fourth-order valence-corrected chi connectivity index (χ4v) is 3.14. The summed E-state index contributed by atoms with van der Waals surface area (Å²) in [6.07, 6.45) is 7.64. The summed E-state index contributed by atoms with van der Waals surface area (Å²) in [5.41, 5.74) is -0.210. The number of rotatable bonds is 7. The van der Waals surface area contributed by atoms with Crippen molar-refractivity contribution in [2.75, 3.05) is 0 Å². The third kappa shape index (κ3) is 4.69. The molecule has 0 aromatic heterocycles. The molecule has 0 aromatic carbocycles. The highest BCUT2D eigenvalue weighted by atomic mass is 16.4. The van der Waals surface area contributed by atoms with Gasteiger partial charge in [0, 0.05) is 6.42 Å². The Balaban J connectivity index is 2.71. The number of allylic oxidation sites excluding steroid dienone is 2. The quantitative estimate of drug-likeness (QED) is 0.694. The van der Waals surface area contributed by atoms with E-state index in [0.717, 1.165) is 19.3 Å². The second-order valence-electron chi connectivity index (χ2n) is 5.99. The minimum Gasteiger partial charge on any atom is -0.481 e. The highest BCUT2D eigenvalue weighted by Gasteiger charge is 2.39. The lowest BCUT2D eigenvalue weighted by Crippen LogP contribution is -2.34. The van der Waals surface area contributed by atoms with Crippen molar-refractivity contribution in [1.82, 2.24) is 0 Å². The Hall–Kier alpha value is -1.32. The molecule has 0 amide bonds. The van der Waals surface area contributed by atoms with Crippen LogP contribution in [-0.2, 0) is 9.59 Å². The molecule has 0 aliphatic heterocycles. The van der Waals surface area contributed by atoms with Crippen LogP contribution in [0.25, 0.3) is 0 Å². The summed E-state index contributed by atoms with van der Waals surface area (Å²) >= 11 is 0. The maximum Gasteiger partial charge on any atom is 0.303 e. The Morgan fingerprint density at radius 2 is 2.00 bits per heavy atom. The Labute approximate surface area is 114 Å². The summed E-state index contributed by atoms with van der Waals surface area (Å²) in [5.74, 6) is -0.964. The molecule has 108 valence electrons. The fraction of sp³-hybridized carbons (Fsp3) is 0.733. The van der Waals surface area contributed by atoms with Crippen LogP contribution in [0.5, 0.6) is 0 Å². The second kappa shape index (κ2) is 6.73. The molecule has 0 spiro atoms. The molecule has 2 N–H and O–H groups in total. The molecule has 3 unspecified atom stereocenters. The fourth-order valence-electron chi connectivity index (χ4n) is 3.14. The van der Waals surface area contributed by atoms with E-state index < -0.39 is 11.9 Å². The van der Waals surface area contributed by atoms with Crippen LogP contribution in [0.3, 0.4) is 0 Å². The van der Waals surface area contributed by atoms with Crippen LogP contribution in [0.4, 0.5) is 0 Å². The predicted octanol–water partition coefficient (Wildman–Crippen LogP) is 3.32. The largest absolute Gasteiger partial charge is 0.481 e. The van der Waals surface area contributed by atoms with Gasteiger partial charge in [0.05, 0.1) is 6.42 Å². The Bertz CT molecular complexity index is 361. The first-order valence-electron chi connectivity index (χ1n) is 6.94. The topological polar surface area (TPSA) is 74.6 Å². The Morgan fingerprint density at radius 3 is 2.53 bits per heavy atom. The Morgan fingerprint density at radius 1 is 1.32 bits per heavy atom. The molecule has 0 saturated heterocycles. The minimum atomic E-state index is -0.782. The third-order valence-corrected chi connectivity index (χ3v) is 4.34. The highest BCUT2D eigenvalue weighted by Crippen LogP contribution is 2.46. The zero-order valence-electron chi connectivity index (χ0n) is 11.8. The first-order chi connectivity index (χ1) is 8.85. The van der Waals surface area contributed by atoms with E-state index in [-0.39, 0.29) is 24.2 Å². The summed E-state index contributed by atoms with van der Waals surface area (Å²) in [5, 5.41) is 17.9. The van der Waals surface area contributed by atoms with E-state index in [1.807, 2.05) is 6.92 Å². The molecule has 0 radical (unpaired) electrons. The number of carboxylic acid groups (broad SMARTS) is 2. The van der Waals surface area contributed by atoms with Gasteiger partial charge in [-0.25, -0.2) is 0 Å². The zero-order valence-corrected chi connectivity index (χ0v) is 11.8. The smallest absolute Gasteiger partial charge is 0.303 e. The van der Waals surface area contributed by atoms with Gasteiger partial charge >= 0.3 is 11.9 Å². The van der Waals surface area contributed by atoms with Gasteiger partial charge in [-0.3, -0.25) is 9.59 Å². The van der Waals surface area contributed by atoms with Gasteiger partial charge in [-0.1, -0.05) is 26.0 Å². The van der Waals surface area contributed by atoms with Crippen molar-refractivity contribution < 1.29 is 19.8 Å². The van der Waals surface area contributed by atoms with E-state index in [1.54, 1.807) is 0 Å². The molecule has 19 heavy (non-hydrogen) atoms. The number of aliphatic carboxylic acids is 2. The van der Waals surface area contributed by atoms with Gasteiger partial charge in [0.25, 0.3) is 0 Å². The van der Waals surface area contributed by atoms with Gasteiger partial charge in [0.2, 0.25) is 0 Å². The monoisotopic (exact) mass is 268 g/mol. The van der Waals surface area contributed by atoms with Gasteiger partial charge in [0.15, 0.2) is 0 Å². The van der Waals surface area contributed by atoms with E-state index >= 15 is 0 Å². The number of carbonyl (C=O) groups is 2. The van der Waals surface area contributed by atoms with Crippen molar-refractivity contribution in [2.45, 2.75) is 52.4 Å². The van der Waals surface area contributed by atoms with Crippen LogP contribution in [0.1, 0.15) is 52.4 Å². The van der Waals surface area contributed by atoms with Crippen LogP contribution >= 0.6 is 0 Å². The van der Waals surface area contributed by atoms with Crippen molar-refractivity contribution in [3.05, 3.63) is 12.2 Å². The molecule has 4 nitrogen and oxygen atoms in total. The maximum atomic E-state index is 11.1. The van der Waals surface area contributed by atoms with Crippen LogP contribution in [0.2, 0.25) is 0 Å². The van der Waals surface area contributed by atoms with Crippen molar-refractivity contribution in [2.24, 2.45) is 17.3 Å². The molecule has 4 heteroatoms. The van der Waals surface area contributed by atoms with Gasteiger partial charge in [0.1, 0.15) is 0 Å². The van der Waals surface area contributed by atoms with Crippen LogP contribution in [0, 0.1) is 17.3 Å². The van der Waals surface area contributed by atoms with Crippen molar-refractivity contribution in [3.8, 4) is 0 Å². The lowest BCUT2D eigenvalue weighted by atomic mass is 9.63. The summed E-state index contributed by atoms with van der Waals surface area (Å²) < 4.78 is 0. The number of hydrogen-bond donors (Lipinski definition) is 2. The van der Waals surface area contributed by atoms with Crippen LogP contribution in [0.15, 0.2) is 12.2 Å². The third-order valence-electron chi connectivity index (χ3n) is 4.34. The van der Waals surface area contributed by atoms with E-state index in [0.29, 0.717) is 12.3 Å². The van der Waals surface area contributed by atoms with E-state index in [2.05, 4.69) is 19.1 Å². The first-order valence-corrected chi connectivity index (χ1v) is 6.94. The van der Waals surface area contributed by atoms with Gasteiger partial charge < -0.3 is 10.2 Å². The van der Waals surface area contributed by atoms with Crippen LogP contribution < -0.4 is 0 Å². The van der Waals surface area contributed by atoms with Gasteiger partial charge in [-0.15, -0.1) is 0 Å². The van der Waals surface area contributed by atoms with Crippen molar-refractivity contribution in [3.63, 3.8) is 0 Å². The first kappa shape index (κ1) is 15.7. The molecule has 1 aliphatic carbocycles. The second-order valence-corrected chi connectivity index (χ2v) is 5.99. The molecule has 0 fully saturated rings. The van der Waals surface area contributed by atoms with E-state index in [9.17, 15) is 9.59 Å². The number of carboxylic acids is 2. The molecular weight excluding hydrogens is 244 g/mol. The molecule has 0 saturated carbocycles.